The van der Waals surface area contributed by atoms with Crippen LogP contribution in [0.25, 0.3) is 0 Å². The summed E-state index contributed by atoms with van der Waals surface area (Å²) >= 11 is 0. The minimum absolute atomic E-state index is 1.10. The van der Waals surface area contributed by atoms with Crippen LogP contribution in [0.15, 0.2) is 18.3 Å². The lowest BCUT2D eigenvalue weighted by atomic mass is 10.2. The molecule has 0 atom stereocenters. The van der Waals surface area contributed by atoms with Crippen LogP contribution >= 0.6 is 0 Å². The highest BCUT2D eigenvalue weighted by Crippen LogP contribution is 2.01. The second-order valence-corrected chi connectivity index (χ2v) is 3.36. The van der Waals surface area contributed by atoms with E-state index in [1.54, 1.807) is 0 Å². The monoisotopic (exact) mass is 164 g/mol. The van der Waals surface area contributed by atoms with Crippen LogP contribution in [-0.4, -0.2) is 30.5 Å². The van der Waals surface area contributed by atoms with Gasteiger partial charge in [-0.05, 0) is 45.1 Å². The van der Waals surface area contributed by atoms with Gasteiger partial charge in [0.1, 0.15) is 0 Å². The van der Waals surface area contributed by atoms with Gasteiger partial charge >= 0.3 is 0 Å². The summed E-state index contributed by atoms with van der Waals surface area (Å²) in [5, 5.41) is 0. The topological polar surface area (TPSA) is 16.1 Å². The highest BCUT2D eigenvalue weighted by atomic mass is 15.0. The molecule has 1 heterocycles. The third-order valence-corrected chi connectivity index (χ3v) is 1.81. The Bertz CT molecular complexity index is 243. The van der Waals surface area contributed by atoms with Crippen LogP contribution in [-0.2, 0) is 6.42 Å². The van der Waals surface area contributed by atoms with Gasteiger partial charge in [-0.1, -0.05) is 0 Å². The van der Waals surface area contributed by atoms with Gasteiger partial charge in [-0.15, -0.1) is 0 Å². The fourth-order valence-corrected chi connectivity index (χ4v) is 1.11. The number of hydrogen-bond donors (Lipinski definition) is 0. The van der Waals surface area contributed by atoms with E-state index in [0.29, 0.717) is 0 Å². The summed E-state index contributed by atoms with van der Waals surface area (Å²) in [4.78, 5) is 6.34. The molecule has 0 amide bonds. The molecule has 2 nitrogen and oxygen atoms in total. The zero-order valence-electron chi connectivity index (χ0n) is 8.04. The Labute approximate surface area is 74.2 Å². The summed E-state index contributed by atoms with van der Waals surface area (Å²) in [6.45, 7) is 3.13. The third kappa shape index (κ3) is 3.01. The van der Waals surface area contributed by atoms with Gasteiger partial charge in [0.25, 0.3) is 0 Å². The smallest absolute Gasteiger partial charge is 0.0375 e. The molecule has 0 radical (unpaired) electrons. The zero-order chi connectivity index (χ0) is 8.97. The van der Waals surface area contributed by atoms with Gasteiger partial charge in [-0.3, -0.25) is 4.98 Å². The van der Waals surface area contributed by atoms with Crippen LogP contribution in [0.1, 0.15) is 11.3 Å². The molecular weight excluding hydrogens is 148 g/mol. The number of nitrogens with zero attached hydrogens (tertiary/aromatic N) is 2. The van der Waals surface area contributed by atoms with Gasteiger partial charge in [0, 0.05) is 18.4 Å². The number of hydrogen-bond acceptors (Lipinski definition) is 2. The van der Waals surface area contributed by atoms with Gasteiger partial charge in [-0.25, -0.2) is 0 Å². The summed E-state index contributed by atoms with van der Waals surface area (Å²) < 4.78 is 0. The molecule has 0 aliphatic carbocycles. The van der Waals surface area contributed by atoms with Gasteiger partial charge in [0.05, 0.1) is 0 Å². The fourth-order valence-electron chi connectivity index (χ4n) is 1.11. The fraction of sp³-hybridized carbons (Fsp3) is 0.500. The van der Waals surface area contributed by atoms with Crippen molar-refractivity contribution in [3.63, 3.8) is 0 Å². The summed E-state index contributed by atoms with van der Waals surface area (Å²) in [5.41, 5.74) is 2.47. The van der Waals surface area contributed by atoms with Gasteiger partial charge in [0.15, 0.2) is 0 Å². The van der Waals surface area contributed by atoms with Crippen LogP contribution in [0.2, 0.25) is 0 Å². The van der Waals surface area contributed by atoms with Crippen LogP contribution < -0.4 is 0 Å². The quantitative estimate of drug-likeness (QED) is 0.673. The Morgan fingerprint density at radius 3 is 2.75 bits per heavy atom. The first-order valence-electron chi connectivity index (χ1n) is 4.25. The number of rotatable bonds is 3. The van der Waals surface area contributed by atoms with Gasteiger partial charge in [0.2, 0.25) is 0 Å². The first kappa shape index (κ1) is 9.20. The lowest BCUT2D eigenvalue weighted by Gasteiger charge is -2.08. The predicted octanol–water partition coefficient (Wildman–Crippen LogP) is 1.49. The molecule has 0 saturated carbocycles. The molecule has 66 valence electrons. The van der Waals surface area contributed by atoms with Crippen LogP contribution in [0.3, 0.4) is 0 Å². The third-order valence-electron chi connectivity index (χ3n) is 1.81. The van der Waals surface area contributed by atoms with Crippen LogP contribution in [0.4, 0.5) is 0 Å². The molecule has 0 fully saturated rings. The molecule has 12 heavy (non-hydrogen) atoms. The molecule has 0 spiro atoms. The minimum Gasteiger partial charge on any atom is -0.309 e. The maximum Gasteiger partial charge on any atom is 0.0375 e. The second kappa shape index (κ2) is 4.21. The molecule has 1 aromatic heterocycles. The predicted molar refractivity (Wildman–Crippen MR) is 51.2 cm³/mol. The van der Waals surface area contributed by atoms with E-state index >= 15 is 0 Å². The molecule has 0 saturated heterocycles. The van der Waals surface area contributed by atoms with Gasteiger partial charge in [-0.2, -0.15) is 0 Å². The first-order valence-corrected chi connectivity index (χ1v) is 4.25. The maximum absolute atomic E-state index is 4.15. The van der Waals surface area contributed by atoms with Gasteiger partial charge < -0.3 is 4.90 Å². The van der Waals surface area contributed by atoms with Crippen LogP contribution in [0, 0.1) is 6.92 Å². The van der Waals surface area contributed by atoms with E-state index < -0.39 is 0 Å². The molecule has 0 aliphatic rings. The van der Waals surface area contributed by atoms with Crippen molar-refractivity contribution in [2.24, 2.45) is 0 Å². The molecule has 0 bridgehead atoms. The number of likely N-dealkylation sites (N-methyl/N-ethyl adjacent to an activating group) is 1. The van der Waals surface area contributed by atoms with E-state index in [4.69, 9.17) is 0 Å². The van der Waals surface area contributed by atoms with Crippen molar-refractivity contribution in [2.45, 2.75) is 13.3 Å². The summed E-state index contributed by atoms with van der Waals surface area (Å²) in [5.74, 6) is 0. The second-order valence-electron chi connectivity index (χ2n) is 3.36. The van der Waals surface area contributed by atoms with E-state index in [1.165, 1.54) is 5.56 Å². The van der Waals surface area contributed by atoms with Crippen molar-refractivity contribution in [3.05, 3.63) is 29.6 Å². The average molecular weight is 164 g/mol. The van der Waals surface area contributed by atoms with E-state index in [1.807, 2.05) is 13.1 Å². The van der Waals surface area contributed by atoms with Crippen molar-refractivity contribution in [1.82, 2.24) is 9.88 Å². The van der Waals surface area contributed by atoms with E-state index in [0.717, 1.165) is 18.7 Å². The molecule has 0 aliphatic heterocycles. The standard InChI is InChI=1S/C10H16N2/c1-9-8-10(4-6-11-9)5-7-12(2)3/h4,6,8H,5,7H2,1-3H3. The number of pyridine rings is 1. The first-order chi connectivity index (χ1) is 5.68. The Kier molecular flexibility index (Phi) is 3.23. The zero-order valence-corrected chi connectivity index (χ0v) is 8.04. The SMILES string of the molecule is Cc1cc(CCN(C)C)ccn1. The Morgan fingerprint density at radius 2 is 2.17 bits per heavy atom. The summed E-state index contributed by atoms with van der Waals surface area (Å²) in [6, 6.07) is 4.22. The molecule has 1 rings (SSSR count). The lowest BCUT2D eigenvalue weighted by molar-refractivity contribution is 0.413. The molecule has 0 unspecified atom stereocenters. The van der Waals surface area contributed by atoms with E-state index in [-0.39, 0.29) is 0 Å². The van der Waals surface area contributed by atoms with Crippen molar-refractivity contribution >= 4 is 0 Å². The molecular formula is C10H16N2. The van der Waals surface area contributed by atoms with Crippen molar-refractivity contribution in [3.8, 4) is 0 Å². The van der Waals surface area contributed by atoms with Crippen molar-refractivity contribution in [2.75, 3.05) is 20.6 Å². The number of aromatic nitrogens is 1. The maximum atomic E-state index is 4.15. The Balaban J connectivity index is 2.52. The van der Waals surface area contributed by atoms with Crippen molar-refractivity contribution < 1.29 is 0 Å². The Morgan fingerprint density at radius 1 is 1.42 bits per heavy atom. The average Bonchev–Trinajstić information content (AvgIpc) is 2.01. The van der Waals surface area contributed by atoms with E-state index in [9.17, 15) is 0 Å². The highest BCUT2D eigenvalue weighted by molar-refractivity contribution is 5.15. The largest absolute Gasteiger partial charge is 0.309 e. The Hall–Kier alpha value is -0.890. The minimum atomic E-state index is 1.10. The van der Waals surface area contributed by atoms with Crippen molar-refractivity contribution in [1.29, 1.82) is 0 Å². The summed E-state index contributed by atoms with van der Waals surface area (Å²) in [7, 11) is 4.18. The lowest BCUT2D eigenvalue weighted by Crippen LogP contribution is -2.15. The molecule has 2 heteroatoms. The molecule has 0 aromatic carbocycles. The normalized spacial score (nSPS) is 10.7. The molecule has 0 N–H and O–H groups in total. The summed E-state index contributed by atoms with van der Waals surface area (Å²) in [6.07, 6.45) is 2.98. The highest BCUT2D eigenvalue weighted by Gasteiger charge is 1.94. The van der Waals surface area contributed by atoms with Crippen LogP contribution in [0.5, 0.6) is 0 Å². The van der Waals surface area contributed by atoms with E-state index in [2.05, 4.69) is 36.1 Å². The number of aryl methyl sites for hydroxylation is 1. The molecule has 1 aromatic rings.